The number of anilines is 1. The van der Waals surface area contributed by atoms with Crippen molar-refractivity contribution in [2.24, 2.45) is 11.7 Å². The summed E-state index contributed by atoms with van der Waals surface area (Å²) in [6.07, 6.45) is 2.14. The molecule has 0 saturated heterocycles. The molecule has 0 aliphatic heterocycles. The van der Waals surface area contributed by atoms with E-state index in [0.717, 1.165) is 12.8 Å². The first kappa shape index (κ1) is 16.6. The lowest BCUT2D eigenvalue weighted by molar-refractivity contribution is -0.116. The monoisotopic (exact) mass is 322 g/mol. The zero-order chi connectivity index (χ0) is 14.4. The van der Waals surface area contributed by atoms with Gasteiger partial charge in [-0.05, 0) is 37.4 Å². The van der Waals surface area contributed by atoms with Crippen LogP contribution in [0.25, 0.3) is 0 Å². The van der Waals surface area contributed by atoms with Crippen molar-refractivity contribution >= 4 is 46.4 Å². The van der Waals surface area contributed by atoms with Crippen molar-refractivity contribution in [2.75, 3.05) is 11.9 Å². The minimum atomic E-state index is -0.0934. The topological polar surface area (TPSA) is 55.1 Å². The molecule has 0 fully saturated rings. The summed E-state index contributed by atoms with van der Waals surface area (Å²) in [6.45, 7) is 2.72. The van der Waals surface area contributed by atoms with Crippen LogP contribution in [0.3, 0.4) is 0 Å². The van der Waals surface area contributed by atoms with Crippen molar-refractivity contribution in [1.82, 2.24) is 0 Å². The first-order valence-corrected chi connectivity index (χ1v) is 7.22. The summed E-state index contributed by atoms with van der Waals surface area (Å²) >= 11 is 17.7. The van der Waals surface area contributed by atoms with Gasteiger partial charge in [0.05, 0.1) is 20.8 Å². The van der Waals surface area contributed by atoms with Gasteiger partial charge in [0.1, 0.15) is 0 Å². The smallest absolute Gasteiger partial charge is 0.224 e. The molecule has 106 valence electrons. The minimum Gasteiger partial charge on any atom is -0.330 e. The summed E-state index contributed by atoms with van der Waals surface area (Å²) in [7, 11) is 0. The van der Waals surface area contributed by atoms with Crippen LogP contribution in [0.2, 0.25) is 15.1 Å². The number of nitrogens with one attached hydrogen (secondary N) is 1. The summed E-state index contributed by atoms with van der Waals surface area (Å²) in [6, 6.07) is 3.06. The SMILES string of the molecule is CC(CCN)CCC(=O)Nc1cc(Cl)c(Cl)cc1Cl. The molecular formula is C13H17Cl3N2O. The average Bonchev–Trinajstić information content (AvgIpc) is 2.34. The van der Waals surface area contributed by atoms with Crippen LogP contribution in [0.4, 0.5) is 5.69 Å². The van der Waals surface area contributed by atoms with Gasteiger partial charge in [0.15, 0.2) is 0 Å². The maximum atomic E-state index is 11.8. The normalized spacial score (nSPS) is 12.3. The molecule has 1 rings (SSSR count). The third kappa shape index (κ3) is 5.57. The van der Waals surface area contributed by atoms with E-state index in [2.05, 4.69) is 12.2 Å². The predicted octanol–water partition coefficient (Wildman–Crippen LogP) is 4.35. The summed E-state index contributed by atoms with van der Waals surface area (Å²) < 4.78 is 0. The molecule has 0 radical (unpaired) electrons. The van der Waals surface area contributed by atoms with Gasteiger partial charge in [0.25, 0.3) is 0 Å². The van der Waals surface area contributed by atoms with Gasteiger partial charge in [-0.2, -0.15) is 0 Å². The van der Waals surface area contributed by atoms with E-state index in [1.54, 1.807) is 6.07 Å². The Morgan fingerprint density at radius 1 is 1.21 bits per heavy atom. The van der Waals surface area contributed by atoms with Gasteiger partial charge >= 0.3 is 0 Å². The zero-order valence-electron chi connectivity index (χ0n) is 10.7. The van der Waals surface area contributed by atoms with E-state index in [1.165, 1.54) is 6.07 Å². The van der Waals surface area contributed by atoms with Crippen LogP contribution in [-0.2, 0) is 4.79 Å². The molecule has 0 aliphatic carbocycles. The van der Waals surface area contributed by atoms with Gasteiger partial charge in [0.2, 0.25) is 5.91 Å². The second-order valence-corrected chi connectivity index (χ2v) is 5.74. The van der Waals surface area contributed by atoms with Gasteiger partial charge in [0, 0.05) is 6.42 Å². The van der Waals surface area contributed by atoms with Gasteiger partial charge in [-0.3, -0.25) is 4.79 Å². The fraction of sp³-hybridized carbons (Fsp3) is 0.462. The summed E-state index contributed by atoms with van der Waals surface area (Å²) in [5, 5.41) is 3.82. The number of rotatable bonds is 6. The molecular weight excluding hydrogens is 307 g/mol. The number of amides is 1. The number of carbonyl (C=O) groups excluding carboxylic acids is 1. The third-order valence-corrected chi connectivity index (χ3v) is 3.84. The lowest BCUT2D eigenvalue weighted by Crippen LogP contribution is -2.14. The van der Waals surface area contributed by atoms with Crippen molar-refractivity contribution in [3.8, 4) is 0 Å². The standard InChI is InChI=1S/C13H17Cl3N2O/c1-8(4-5-17)2-3-13(19)18-12-7-10(15)9(14)6-11(12)16/h6-8H,2-5,17H2,1H3,(H,18,19). The summed E-state index contributed by atoms with van der Waals surface area (Å²) in [5.74, 6) is 0.337. The Labute approximate surface area is 128 Å². The van der Waals surface area contributed by atoms with E-state index >= 15 is 0 Å². The molecule has 0 bridgehead atoms. The van der Waals surface area contributed by atoms with Gasteiger partial charge in [-0.15, -0.1) is 0 Å². The molecule has 3 N–H and O–H groups in total. The average molecular weight is 324 g/mol. The molecule has 1 aromatic carbocycles. The molecule has 1 aromatic rings. The van der Waals surface area contributed by atoms with Crippen LogP contribution in [-0.4, -0.2) is 12.5 Å². The first-order valence-electron chi connectivity index (χ1n) is 6.08. The first-order chi connectivity index (χ1) is 8.93. The van der Waals surface area contributed by atoms with E-state index in [-0.39, 0.29) is 5.91 Å². The molecule has 0 aromatic heterocycles. The molecule has 0 saturated carbocycles. The fourth-order valence-electron chi connectivity index (χ4n) is 1.64. The van der Waals surface area contributed by atoms with Crippen LogP contribution in [0.1, 0.15) is 26.2 Å². The lowest BCUT2D eigenvalue weighted by Gasteiger charge is -2.11. The maximum absolute atomic E-state index is 11.8. The second-order valence-electron chi connectivity index (χ2n) is 4.52. The maximum Gasteiger partial charge on any atom is 0.224 e. The van der Waals surface area contributed by atoms with E-state index in [4.69, 9.17) is 40.5 Å². The molecule has 6 heteroatoms. The Morgan fingerprint density at radius 3 is 2.47 bits per heavy atom. The molecule has 1 amide bonds. The van der Waals surface area contributed by atoms with Crippen molar-refractivity contribution < 1.29 is 4.79 Å². The molecule has 3 nitrogen and oxygen atoms in total. The number of benzene rings is 1. The number of hydrogen-bond donors (Lipinski definition) is 2. The molecule has 19 heavy (non-hydrogen) atoms. The van der Waals surface area contributed by atoms with Crippen molar-refractivity contribution in [3.05, 3.63) is 27.2 Å². The van der Waals surface area contributed by atoms with Crippen LogP contribution in [0.15, 0.2) is 12.1 Å². The highest BCUT2D eigenvalue weighted by Gasteiger charge is 2.10. The number of nitrogens with two attached hydrogens (primary N) is 1. The van der Waals surface area contributed by atoms with Crippen molar-refractivity contribution in [2.45, 2.75) is 26.2 Å². The van der Waals surface area contributed by atoms with E-state index < -0.39 is 0 Å². The van der Waals surface area contributed by atoms with Crippen LogP contribution < -0.4 is 11.1 Å². The van der Waals surface area contributed by atoms with Crippen molar-refractivity contribution in [1.29, 1.82) is 0 Å². The molecule has 0 spiro atoms. The Bertz CT molecular complexity index is 452. The van der Waals surface area contributed by atoms with Gasteiger partial charge < -0.3 is 11.1 Å². The zero-order valence-corrected chi connectivity index (χ0v) is 12.9. The van der Waals surface area contributed by atoms with Gasteiger partial charge in [-0.1, -0.05) is 41.7 Å². The Hall–Kier alpha value is -0.480. The number of carbonyl (C=O) groups is 1. The third-order valence-electron chi connectivity index (χ3n) is 2.81. The Morgan fingerprint density at radius 2 is 1.84 bits per heavy atom. The highest BCUT2D eigenvalue weighted by Crippen LogP contribution is 2.32. The Kier molecular flexibility index (Phi) is 6.94. The quantitative estimate of drug-likeness (QED) is 0.765. The molecule has 0 aliphatic rings. The summed E-state index contributed by atoms with van der Waals surface area (Å²) in [5.41, 5.74) is 5.94. The highest BCUT2D eigenvalue weighted by molar-refractivity contribution is 6.44. The Balaban J connectivity index is 2.55. The molecule has 1 unspecified atom stereocenters. The van der Waals surface area contributed by atoms with Crippen LogP contribution in [0.5, 0.6) is 0 Å². The second kappa shape index (κ2) is 7.95. The van der Waals surface area contributed by atoms with E-state index in [0.29, 0.717) is 39.6 Å². The van der Waals surface area contributed by atoms with E-state index in [1.807, 2.05) is 0 Å². The molecule has 0 heterocycles. The predicted molar refractivity (Wildman–Crippen MR) is 82.2 cm³/mol. The van der Waals surface area contributed by atoms with Crippen LogP contribution >= 0.6 is 34.8 Å². The lowest BCUT2D eigenvalue weighted by atomic mass is 10.0. The highest BCUT2D eigenvalue weighted by atomic mass is 35.5. The largest absolute Gasteiger partial charge is 0.330 e. The fourth-order valence-corrected chi connectivity index (χ4v) is 2.23. The number of halogens is 3. The van der Waals surface area contributed by atoms with Gasteiger partial charge in [-0.25, -0.2) is 0 Å². The van der Waals surface area contributed by atoms with Crippen molar-refractivity contribution in [3.63, 3.8) is 0 Å². The summed E-state index contributed by atoms with van der Waals surface area (Å²) in [4.78, 5) is 11.8. The van der Waals surface area contributed by atoms with Crippen LogP contribution in [0, 0.1) is 5.92 Å². The molecule has 1 atom stereocenters. The van der Waals surface area contributed by atoms with E-state index in [9.17, 15) is 4.79 Å². The minimum absolute atomic E-state index is 0.0934. The number of hydrogen-bond acceptors (Lipinski definition) is 2.